The number of nitrogens with one attached hydrogen (secondary N) is 1. The maximum absolute atomic E-state index is 6.38. The Kier molecular flexibility index (Phi) is 2.34. The van der Waals surface area contributed by atoms with Crippen LogP contribution in [0.5, 0.6) is 0 Å². The topological polar surface area (TPSA) is 88.2 Å². The van der Waals surface area contributed by atoms with Gasteiger partial charge in [-0.25, -0.2) is 5.41 Å². The molecule has 8 heavy (non-hydrogen) atoms. The molecular weight excluding hydrogens is 104 g/mol. The summed E-state index contributed by atoms with van der Waals surface area (Å²) in [5.41, 5.74) is 10.5. The Morgan fingerprint density at radius 2 is 2.25 bits per heavy atom. The van der Waals surface area contributed by atoms with E-state index in [2.05, 4.69) is 4.99 Å². The fourth-order valence-electron chi connectivity index (χ4n) is 0.183. The quantitative estimate of drug-likeness (QED) is 0.340. The Labute approximate surface area is 48.1 Å². The second-order valence-electron chi connectivity index (χ2n) is 1.57. The third-order valence-corrected chi connectivity index (χ3v) is 0.830. The van der Waals surface area contributed by atoms with Gasteiger partial charge in [0, 0.05) is 0 Å². The van der Waals surface area contributed by atoms with E-state index in [-0.39, 0.29) is 0 Å². The lowest BCUT2D eigenvalue weighted by atomic mass is 10.3. The molecule has 0 saturated carbocycles. The Balaban J connectivity index is 3.90. The number of hydrogen-bond acceptors (Lipinski definition) is 4. The first-order valence-corrected chi connectivity index (χ1v) is 2.34. The van der Waals surface area contributed by atoms with Gasteiger partial charge in [0.15, 0.2) is 5.79 Å². The first-order valence-electron chi connectivity index (χ1n) is 2.34. The highest BCUT2D eigenvalue weighted by Gasteiger charge is 2.11. The van der Waals surface area contributed by atoms with E-state index in [0.717, 1.165) is 0 Å². The summed E-state index contributed by atoms with van der Waals surface area (Å²) in [6, 6.07) is 1.78. The van der Waals surface area contributed by atoms with Crippen LogP contribution in [-0.2, 0) is 0 Å². The molecule has 0 aliphatic rings. The van der Waals surface area contributed by atoms with Crippen LogP contribution >= 0.6 is 0 Å². The molecule has 4 heteroatoms. The minimum absolute atomic E-state index is 0.513. The molecule has 46 valence electrons. The molecule has 0 heterocycles. The van der Waals surface area contributed by atoms with Gasteiger partial charge in [0.2, 0.25) is 0 Å². The zero-order valence-electron chi connectivity index (χ0n) is 4.81. The van der Waals surface area contributed by atoms with Gasteiger partial charge >= 0.3 is 0 Å². The molecule has 4 nitrogen and oxygen atoms in total. The largest absolute Gasteiger partial charge is 0.294 e. The fourth-order valence-corrected chi connectivity index (χ4v) is 0.183. The Morgan fingerprint density at radius 3 is 2.38 bits per heavy atom. The van der Waals surface area contributed by atoms with Gasteiger partial charge in [-0.3, -0.25) is 11.5 Å². The average molecular weight is 114 g/mol. The Bertz CT molecular complexity index is 111. The van der Waals surface area contributed by atoms with Gasteiger partial charge in [0.1, 0.15) is 0 Å². The van der Waals surface area contributed by atoms with Gasteiger partial charge < -0.3 is 0 Å². The number of aliphatic imine (C=N–C) groups is 1. The molecule has 0 unspecified atom stereocenters. The van der Waals surface area contributed by atoms with E-state index in [1.807, 2.05) is 0 Å². The highest BCUT2D eigenvalue weighted by atomic mass is 15.2. The average Bonchev–Trinajstić information content (AvgIpc) is 1.67. The van der Waals surface area contributed by atoms with E-state index in [1.165, 1.54) is 0 Å². The van der Waals surface area contributed by atoms with E-state index in [1.54, 1.807) is 12.9 Å². The minimum atomic E-state index is -1.08. The molecule has 0 spiro atoms. The van der Waals surface area contributed by atoms with Crippen LogP contribution in [-0.4, -0.2) is 11.8 Å². The van der Waals surface area contributed by atoms with Gasteiger partial charge in [-0.1, -0.05) is 6.92 Å². The molecule has 0 amide bonds. The minimum Gasteiger partial charge on any atom is -0.294 e. The number of nitrogens with two attached hydrogens (primary N) is 2. The maximum Gasteiger partial charge on any atom is 0.169 e. The number of rotatable bonds is 2. The van der Waals surface area contributed by atoms with Gasteiger partial charge in [-0.05, 0) is 6.42 Å². The second-order valence-corrected chi connectivity index (χ2v) is 1.57. The highest BCUT2D eigenvalue weighted by Crippen LogP contribution is 1.94. The summed E-state index contributed by atoms with van der Waals surface area (Å²) in [4.78, 5) is 3.35. The number of nitrogens with zero attached hydrogens (tertiary/aromatic N) is 1. The predicted molar refractivity (Wildman–Crippen MR) is 31.6 cm³/mol. The van der Waals surface area contributed by atoms with Crippen LogP contribution in [0.2, 0.25) is 0 Å². The van der Waals surface area contributed by atoms with Gasteiger partial charge in [-0.2, -0.15) is 4.99 Å². The van der Waals surface area contributed by atoms with Crippen molar-refractivity contribution in [3.05, 3.63) is 0 Å². The van der Waals surface area contributed by atoms with Crippen LogP contribution < -0.4 is 11.5 Å². The monoisotopic (exact) mass is 114 g/mol. The lowest BCUT2D eigenvalue weighted by Gasteiger charge is -2.13. The lowest BCUT2D eigenvalue weighted by molar-refractivity contribution is 0.452. The molecule has 0 aromatic carbocycles. The molecule has 0 bridgehead atoms. The molecule has 0 aromatic heterocycles. The molecule has 0 aromatic rings. The second kappa shape index (κ2) is 2.57. The summed E-state index contributed by atoms with van der Waals surface area (Å²) in [6.45, 7) is 1.79. The fraction of sp³-hybridized carbons (Fsp3) is 0.750. The zero-order valence-corrected chi connectivity index (χ0v) is 4.81. The maximum atomic E-state index is 6.38. The van der Waals surface area contributed by atoms with E-state index in [9.17, 15) is 0 Å². The predicted octanol–water partition coefficient (Wildman–Crippen LogP) is -0.280. The van der Waals surface area contributed by atoms with Crippen molar-refractivity contribution >= 4 is 6.01 Å². The number of hydrogen-bond donors (Lipinski definition) is 3. The first kappa shape index (κ1) is 7.30. The molecule has 0 atom stereocenters. The normalized spacial score (nSPS) is 10.4. The summed E-state index contributed by atoms with van der Waals surface area (Å²) in [5, 5.41) is 6.38. The molecule has 0 rings (SSSR count). The van der Waals surface area contributed by atoms with Crippen LogP contribution in [0.4, 0.5) is 0 Å². The summed E-state index contributed by atoms with van der Waals surface area (Å²) in [6.07, 6.45) is 0.513. The van der Waals surface area contributed by atoms with Gasteiger partial charge in [0.25, 0.3) is 0 Å². The standard InChI is InChI=1S/C4H10N4/c1-2-4(6,7)8-3-5/h5H,2,6-7H2,1H3. The van der Waals surface area contributed by atoms with Crippen molar-refractivity contribution in [2.24, 2.45) is 16.5 Å². The lowest BCUT2D eigenvalue weighted by Crippen LogP contribution is -2.46. The third kappa shape index (κ3) is 2.47. The van der Waals surface area contributed by atoms with E-state index >= 15 is 0 Å². The summed E-state index contributed by atoms with van der Waals surface area (Å²) >= 11 is 0. The molecule has 5 N–H and O–H groups in total. The van der Waals surface area contributed by atoms with Crippen molar-refractivity contribution in [3.8, 4) is 0 Å². The first-order chi connectivity index (χ1) is 3.62. The van der Waals surface area contributed by atoms with E-state index in [0.29, 0.717) is 6.42 Å². The van der Waals surface area contributed by atoms with Crippen molar-refractivity contribution in [3.63, 3.8) is 0 Å². The molecule has 0 radical (unpaired) electrons. The Morgan fingerprint density at radius 1 is 1.75 bits per heavy atom. The van der Waals surface area contributed by atoms with Crippen LogP contribution in [0.25, 0.3) is 0 Å². The van der Waals surface area contributed by atoms with Crippen molar-refractivity contribution in [1.82, 2.24) is 0 Å². The SMILES string of the molecule is CCC(N)(N)N=C=N. The third-order valence-electron chi connectivity index (χ3n) is 0.830. The zero-order chi connectivity index (χ0) is 6.62. The van der Waals surface area contributed by atoms with Crippen LogP contribution in [0.3, 0.4) is 0 Å². The van der Waals surface area contributed by atoms with Crippen molar-refractivity contribution in [2.45, 2.75) is 19.1 Å². The summed E-state index contributed by atoms with van der Waals surface area (Å²) < 4.78 is 0. The van der Waals surface area contributed by atoms with Crippen LogP contribution in [0.1, 0.15) is 13.3 Å². The molecule has 0 saturated heterocycles. The van der Waals surface area contributed by atoms with Gasteiger partial charge in [0.05, 0.1) is 6.01 Å². The van der Waals surface area contributed by atoms with E-state index < -0.39 is 5.79 Å². The summed E-state index contributed by atoms with van der Waals surface area (Å²) in [5.74, 6) is -1.08. The van der Waals surface area contributed by atoms with Crippen molar-refractivity contribution < 1.29 is 0 Å². The smallest absolute Gasteiger partial charge is 0.169 e. The van der Waals surface area contributed by atoms with Gasteiger partial charge in [-0.15, -0.1) is 0 Å². The molecule has 0 aliphatic heterocycles. The van der Waals surface area contributed by atoms with E-state index in [4.69, 9.17) is 16.9 Å². The summed E-state index contributed by atoms with van der Waals surface area (Å²) in [7, 11) is 0. The van der Waals surface area contributed by atoms with Crippen molar-refractivity contribution in [1.29, 1.82) is 5.41 Å². The highest BCUT2D eigenvalue weighted by molar-refractivity contribution is 5.36. The van der Waals surface area contributed by atoms with Crippen molar-refractivity contribution in [2.75, 3.05) is 0 Å². The molecule has 0 aliphatic carbocycles. The van der Waals surface area contributed by atoms with Crippen LogP contribution in [0, 0.1) is 5.41 Å². The molecule has 0 fully saturated rings. The Hall–Kier alpha value is -0.700. The van der Waals surface area contributed by atoms with Crippen LogP contribution in [0.15, 0.2) is 4.99 Å². The molecular formula is C4H10N4.